The van der Waals surface area contributed by atoms with Gasteiger partial charge in [-0.1, -0.05) is 12.1 Å². The number of nitrogens with one attached hydrogen (secondary N) is 2. The lowest BCUT2D eigenvalue weighted by atomic mass is 10.1. The standard InChI is InChI=1S/C17H17F2N3O3/c1-10-7-8-20-9-14(10)22-16(24)15(23)21-11(2)12-3-5-13(6-4-12)25-17(18)19/h3-9,11,17H,1-2H3,(H,21,23)(H,22,24)/t11-/m1/s1. The average molecular weight is 349 g/mol. The highest BCUT2D eigenvalue weighted by Gasteiger charge is 2.18. The van der Waals surface area contributed by atoms with Crippen LogP contribution in [-0.4, -0.2) is 23.4 Å². The lowest BCUT2D eigenvalue weighted by Crippen LogP contribution is -2.37. The van der Waals surface area contributed by atoms with Gasteiger partial charge in [-0.3, -0.25) is 14.6 Å². The molecule has 1 aromatic heterocycles. The second-order valence-corrected chi connectivity index (χ2v) is 5.29. The molecule has 0 fully saturated rings. The van der Waals surface area contributed by atoms with Crippen molar-refractivity contribution < 1.29 is 23.1 Å². The Morgan fingerprint density at radius 3 is 2.40 bits per heavy atom. The molecule has 1 atom stereocenters. The van der Waals surface area contributed by atoms with Crippen LogP contribution in [0, 0.1) is 6.92 Å². The van der Waals surface area contributed by atoms with Crippen molar-refractivity contribution in [1.82, 2.24) is 10.3 Å². The molecule has 8 heteroatoms. The van der Waals surface area contributed by atoms with E-state index in [0.717, 1.165) is 5.56 Å². The van der Waals surface area contributed by atoms with Gasteiger partial charge < -0.3 is 15.4 Å². The van der Waals surface area contributed by atoms with Crippen LogP contribution >= 0.6 is 0 Å². The maximum atomic E-state index is 12.1. The maximum Gasteiger partial charge on any atom is 0.387 e. The lowest BCUT2D eigenvalue weighted by Gasteiger charge is -2.15. The predicted octanol–water partition coefficient (Wildman–Crippen LogP) is 2.81. The van der Waals surface area contributed by atoms with Crippen molar-refractivity contribution >= 4 is 17.5 Å². The molecule has 0 aliphatic carbocycles. The number of carbonyl (C=O) groups excluding carboxylic acids is 2. The normalized spacial score (nSPS) is 11.7. The molecule has 1 heterocycles. The fraction of sp³-hybridized carbons (Fsp3) is 0.235. The van der Waals surface area contributed by atoms with Gasteiger partial charge in [0.1, 0.15) is 5.75 Å². The number of pyridine rings is 1. The van der Waals surface area contributed by atoms with E-state index in [1.54, 1.807) is 26.1 Å². The molecule has 2 amide bonds. The molecule has 2 rings (SSSR count). The molecule has 0 radical (unpaired) electrons. The third-order valence-corrected chi connectivity index (χ3v) is 3.45. The van der Waals surface area contributed by atoms with Gasteiger partial charge in [-0.25, -0.2) is 0 Å². The topological polar surface area (TPSA) is 80.3 Å². The summed E-state index contributed by atoms with van der Waals surface area (Å²) in [7, 11) is 0. The molecular weight excluding hydrogens is 332 g/mol. The average Bonchev–Trinajstić information content (AvgIpc) is 2.56. The molecule has 0 bridgehead atoms. The van der Waals surface area contributed by atoms with Crippen LogP contribution in [0.3, 0.4) is 0 Å². The van der Waals surface area contributed by atoms with Crippen LogP contribution < -0.4 is 15.4 Å². The van der Waals surface area contributed by atoms with E-state index in [9.17, 15) is 18.4 Å². The molecule has 0 unspecified atom stereocenters. The summed E-state index contributed by atoms with van der Waals surface area (Å²) < 4.78 is 28.5. The van der Waals surface area contributed by atoms with E-state index in [-0.39, 0.29) is 5.75 Å². The fourth-order valence-electron chi connectivity index (χ4n) is 2.06. The highest BCUT2D eigenvalue weighted by atomic mass is 19.3. The van der Waals surface area contributed by atoms with Gasteiger partial charge in [0.2, 0.25) is 0 Å². The zero-order chi connectivity index (χ0) is 18.4. The van der Waals surface area contributed by atoms with Gasteiger partial charge in [0.25, 0.3) is 0 Å². The second-order valence-electron chi connectivity index (χ2n) is 5.29. The van der Waals surface area contributed by atoms with Crippen molar-refractivity contribution in [2.45, 2.75) is 26.5 Å². The smallest absolute Gasteiger partial charge is 0.387 e. The van der Waals surface area contributed by atoms with Gasteiger partial charge in [-0.05, 0) is 43.2 Å². The number of ether oxygens (including phenoxy) is 1. The number of hydrogen-bond acceptors (Lipinski definition) is 4. The quantitative estimate of drug-likeness (QED) is 0.814. The first kappa shape index (κ1) is 18.3. The third kappa shape index (κ3) is 5.23. The number of nitrogens with zero attached hydrogens (tertiary/aromatic N) is 1. The Hall–Kier alpha value is -3.03. The van der Waals surface area contributed by atoms with Crippen LogP contribution in [0.4, 0.5) is 14.5 Å². The number of carbonyl (C=O) groups is 2. The molecule has 2 aromatic rings. The van der Waals surface area contributed by atoms with E-state index in [4.69, 9.17) is 0 Å². The number of hydrogen-bond donors (Lipinski definition) is 2. The second kappa shape index (κ2) is 8.18. The van der Waals surface area contributed by atoms with Crippen molar-refractivity contribution in [3.8, 4) is 5.75 Å². The Balaban J connectivity index is 1.95. The van der Waals surface area contributed by atoms with Crippen LogP contribution in [0.25, 0.3) is 0 Å². The summed E-state index contributed by atoms with van der Waals surface area (Å²) >= 11 is 0. The van der Waals surface area contributed by atoms with Crippen molar-refractivity contribution in [1.29, 1.82) is 0 Å². The first-order chi connectivity index (χ1) is 11.9. The summed E-state index contributed by atoms with van der Waals surface area (Å²) in [6, 6.07) is 7.01. The minimum atomic E-state index is -2.90. The van der Waals surface area contributed by atoms with Gasteiger partial charge in [0, 0.05) is 6.20 Å². The summed E-state index contributed by atoms with van der Waals surface area (Å²) in [5.41, 5.74) is 1.86. The van der Waals surface area contributed by atoms with Crippen LogP contribution in [-0.2, 0) is 9.59 Å². The molecule has 132 valence electrons. The SMILES string of the molecule is Cc1ccncc1NC(=O)C(=O)N[C@H](C)c1ccc(OC(F)F)cc1. The van der Waals surface area contributed by atoms with Gasteiger partial charge in [-0.2, -0.15) is 8.78 Å². The highest BCUT2D eigenvalue weighted by molar-refractivity contribution is 6.39. The number of halogens is 2. The van der Waals surface area contributed by atoms with Crippen LogP contribution in [0.2, 0.25) is 0 Å². The fourth-order valence-corrected chi connectivity index (χ4v) is 2.06. The maximum absolute atomic E-state index is 12.1. The summed E-state index contributed by atoms with van der Waals surface area (Å²) in [5, 5.41) is 5.02. The van der Waals surface area contributed by atoms with E-state index in [1.807, 2.05) is 0 Å². The molecule has 0 aliphatic rings. The van der Waals surface area contributed by atoms with Gasteiger partial charge in [0.15, 0.2) is 0 Å². The van der Waals surface area contributed by atoms with E-state index in [1.165, 1.54) is 30.5 Å². The van der Waals surface area contributed by atoms with Crippen molar-refractivity contribution in [2.24, 2.45) is 0 Å². The number of aromatic nitrogens is 1. The molecule has 6 nitrogen and oxygen atoms in total. The number of rotatable bonds is 5. The zero-order valence-corrected chi connectivity index (χ0v) is 13.6. The van der Waals surface area contributed by atoms with E-state index in [2.05, 4.69) is 20.4 Å². The molecule has 0 spiro atoms. The zero-order valence-electron chi connectivity index (χ0n) is 13.6. The number of anilines is 1. The molecule has 0 aliphatic heterocycles. The first-order valence-electron chi connectivity index (χ1n) is 7.44. The molecule has 0 saturated carbocycles. The summed E-state index contributed by atoms with van der Waals surface area (Å²) in [6.07, 6.45) is 3.03. The molecular formula is C17H17F2N3O3. The highest BCUT2D eigenvalue weighted by Crippen LogP contribution is 2.19. The summed E-state index contributed by atoms with van der Waals surface area (Å²) in [5.74, 6) is -1.62. The minimum Gasteiger partial charge on any atom is -0.435 e. The third-order valence-electron chi connectivity index (χ3n) is 3.45. The van der Waals surface area contributed by atoms with E-state index >= 15 is 0 Å². The minimum absolute atomic E-state index is 0.0158. The lowest BCUT2D eigenvalue weighted by molar-refractivity contribution is -0.136. The van der Waals surface area contributed by atoms with Crippen LogP contribution in [0.15, 0.2) is 42.7 Å². The summed E-state index contributed by atoms with van der Waals surface area (Å²) in [4.78, 5) is 27.8. The van der Waals surface area contributed by atoms with Crippen LogP contribution in [0.1, 0.15) is 24.1 Å². The van der Waals surface area contributed by atoms with Crippen molar-refractivity contribution in [2.75, 3.05) is 5.32 Å². The van der Waals surface area contributed by atoms with Crippen LogP contribution in [0.5, 0.6) is 5.75 Å². The Morgan fingerprint density at radius 1 is 1.12 bits per heavy atom. The first-order valence-corrected chi connectivity index (χ1v) is 7.44. The Kier molecular flexibility index (Phi) is 5.99. The number of amides is 2. The Morgan fingerprint density at radius 2 is 1.80 bits per heavy atom. The van der Waals surface area contributed by atoms with E-state index in [0.29, 0.717) is 11.3 Å². The molecule has 25 heavy (non-hydrogen) atoms. The van der Waals surface area contributed by atoms with Gasteiger partial charge in [-0.15, -0.1) is 0 Å². The van der Waals surface area contributed by atoms with Gasteiger partial charge in [0.05, 0.1) is 17.9 Å². The van der Waals surface area contributed by atoms with Crippen molar-refractivity contribution in [3.05, 3.63) is 53.9 Å². The van der Waals surface area contributed by atoms with Crippen molar-refractivity contribution in [3.63, 3.8) is 0 Å². The monoisotopic (exact) mass is 349 g/mol. The Labute approximate surface area is 143 Å². The Bertz CT molecular complexity index is 751. The molecule has 1 aromatic carbocycles. The molecule has 2 N–H and O–H groups in total. The summed E-state index contributed by atoms with van der Waals surface area (Å²) in [6.45, 7) is 0.548. The van der Waals surface area contributed by atoms with Gasteiger partial charge >= 0.3 is 18.4 Å². The predicted molar refractivity (Wildman–Crippen MR) is 87.2 cm³/mol. The largest absolute Gasteiger partial charge is 0.435 e. The molecule has 0 saturated heterocycles. The number of alkyl halides is 2. The number of aryl methyl sites for hydroxylation is 1. The van der Waals surface area contributed by atoms with E-state index < -0.39 is 24.5 Å². The number of benzene rings is 1.